The SMILES string of the molecule is CC[C@H](O)[C@@H]1C=C[C@H]2[C@H](C(=O)N([C@H](C)c3ccccc3)S2=O)N1N(Cc1ccccc1)Cc1ccccc1. The second-order valence-electron chi connectivity index (χ2n) is 9.96. The summed E-state index contributed by atoms with van der Waals surface area (Å²) < 4.78 is 15.4. The Morgan fingerprint density at radius 3 is 1.92 bits per heavy atom. The maximum absolute atomic E-state index is 14.2. The van der Waals surface area contributed by atoms with E-state index in [9.17, 15) is 14.1 Å². The standard InChI is InChI=1S/C31H35N3O3S/c1-3-28(35)27-19-20-29-30(31(36)34(38(29)37)23(2)26-17-11-6-12-18-26)33(27)32(21-24-13-7-4-8-14-24)22-25-15-9-5-10-16-25/h4-20,23,27-30,35H,3,21-22H2,1-2H3/t23-,27+,28+,29+,30-,38?/m1/s1. The average Bonchev–Trinajstić information content (AvgIpc) is 3.22. The predicted molar refractivity (Wildman–Crippen MR) is 151 cm³/mol. The molecule has 6 nitrogen and oxygen atoms in total. The van der Waals surface area contributed by atoms with Gasteiger partial charge >= 0.3 is 0 Å². The molecule has 1 N–H and O–H groups in total. The number of amides is 1. The van der Waals surface area contributed by atoms with E-state index in [1.54, 1.807) is 0 Å². The van der Waals surface area contributed by atoms with Crippen molar-refractivity contribution in [3.8, 4) is 0 Å². The first-order valence-electron chi connectivity index (χ1n) is 13.3. The summed E-state index contributed by atoms with van der Waals surface area (Å²) in [6, 6.07) is 28.6. The van der Waals surface area contributed by atoms with E-state index < -0.39 is 34.4 Å². The number of aliphatic hydroxyl groups excluding tert-OH is 1. The molecule has 1 saturated heterocycles. The molecule has 6 atom stereocenters. The molecule has 2 aliphatic rings. The Balaban J connectivity index is 1.56. The smallest absolute Gasteiger partial charge is 0.255 e. The van der Waals surface area contributed by atoms with Crippen LogP contribution in [0.15, 0.2) is 103 Å². The van der Waals surface area contributed by atoms with Crippen LogP contribution in [0.3, 0.4) is 0 Å². The maximum Gasteiger partial charge on any atom is 0.255 e. The van der Waals surface area contributed by atoms with Crippen LogP contribution in [0, 0.1) is 0 Å². The number of hydrogen-bond donors (Lipinski definition) is 1. The van der Waals surface area contributed by atoms with Crippen LogP contribution in [0.5, 0.6) is 0 Å². The molecule has 3 aromatic carbocycles. The lowest BCUT2D eigenvalue weighted by Gasteiger charge is -2.46. The van der Waals surface area contributed by atoms with E-state index in [4.69, 9.17) is 0 Å². The summed E-state index contributed by atoms with van der Waals surface area (Å²) in [4.78, 5) is 14.2. The number of hydrogen-bond acceptors (Lipinski definition) is 5. The summed E-state index contributed by atoms with van der Waals surface area (Å²) in [6.07, 6.45) is 3.69. The van der Waals surface area contributed by atoms with Gasteiger partial charge in [-0.1, -0.05) is 110 Å². The highest BCUT2D eigenvalue weighted by Gasteiger charge is 2.55. The second kappa shape index (κ2) is 11.7. The molecule has 7 heteroatoms. The Hall–Kier alpha value is -3.10. The van der Waals surface area contributed by atoms with Crippen LogP contribution in [0.2, 0.25) is 0 Å². The highest BCUT2D eigenvalue weighted by molar-refractivity contribution is 7.84. The molecule has 1 amide bonds. The van der Waals surface area contributed by atoms with Gasteiger partial charge < -0.3 is 5.11 Å². The van der Waals surface area contributed by atoms with Crippen molar-refractivity contribution in [2.75, 3.05) is 0 Å². The lowest BCUT2D eigenvalue weighted by atomic mass is 9.97. The quantitative estimate of drug-likeness (QED) is 0.410. The van der Waals surface area contributed by atoms with E-state index in [0.717, 1.165) is 16.7 Å². The molecule has 0 spiro atoms. The van der Waals surface area contributed by atoms with Crippen LogP contribution in [0.1, 0.15) is 43.0 Å². The normalized spacial score (nSPS) is 24.9. The predicted octanol–water partition coefficient (Wildman–Crippen LogP) is 4.62. The van der Waals surface area contributed by atoms with E-state index in [0.29, 0.717) is 19.5 Å². The second-order valence-corrected chi connectivity index (χ2v) is 11.5. The van der Waals surface area contributed by atoms with Crippen LogP contribution >= 0.6 is 0 Å². The molecule has 0 saturated carbocycles. The Kier molecular flexibility index (Phi) is 8.19. The monoisotopic (exact) mass is 529 g/mol. The largest absolute Gasteiger partial charge is 0.391 e. The molecule has 1 unspecified atom stereocenters. The molecular weight excluding hydrogens is 494 g/mol. The van der Waals surface area contributed by atoms with Crippen LogP contribution < -0.4 is 0 Å². The molecule has 198 valence electrons. The van der Waals surface area contributed by atoms with Crippen molar-refractivity contribution in [1.29, 1.82) is 0 Å². The molecule has 5 rings (SSSR count). The summed E-state index contributed by atoms with van der Waals surface area (Å²) in [6.45, 7) is 4.97. The lowest BCUT2D eigenvalue weighted by molar-refractivity contribution is -0.155. The van der Waals surface area contributed by atoms with Gasteiger partial charge in [0.2, 0.25) is 0 Å². The van der Waals surface area contributed by atoms with Crippen LogP contribution in [-0.4, -0.2) is 53.0 Å². The fourth-order valence-corrected chi connectivity index (χ4v) is 7.13. The molecule has 2 heterocycles. The van der Waals surface area contributed by atoms with E-state index >= 15 is 0 Å². The number of nitrogens with zero attached hydrogens (tertiary/aromatic N) is 3. The van der Waals surface area contributed by atoms with Gasteiger partial charge in [-0.3, -0.25) is 9.10 Å². The molecule has 38 heavy (non-hydrogen) atoms. The number of carbonyl (C=O) groups excluding carboxylic acids is 1. The molecule has 0 radical (unpaired) electrons. The van der Waals surface area contributed by atoms with Gasteiger partial charge in [-0.05, 0) is 30.0 Å². The Bertz CT molecular complexity index is 1230. The van der Waals surface area contributed by atoms with Crippen molar-refractivity contribution in [3.63, 3.8) is 0 Å². The van der Waals surface area contributed by atoms with Gasteiger partial charge in [0.05, 0.1) is 23.4 Å². The van der Waals surface area contributed by atoms with Crippen molar-refractivity contribution in [1.82, 2.24) is 14.3 Å². The summed E-state index contributed by atoms with van der Waals surface area (Å²) in [7, 11) is -1.55. The molecular formula is C31H35N3O3S. The van der Waals surface area contributed by atoms with Gasteiger partial charge in [-0.15, -0.1) is 0 Å². The fourth-order valence-electron chi connectivity index (χ4n) is 5.47. The Labute approximate surface area is 227 Å². The molecule has 1 fully saturated rings. The highest BCUT2D eigenvalue weighted by Crippen LogP contribution is 2.38. The van der Waals surface area contributed by atoms with Crippen LogP contribution in [0.4, 0.5) is 0 Å². The van der Waals surface area contributed by atoms with Crippen molar-refractivity contribution in [3.05, 3.63) is 120 Å². The molecule has 3 aromatic rings. The average molecular weight is 530 g/mol. The number of carbonyl (C=O) groups is 1. The Morgan fingerprint density at radius 1 is 0.868 bits per heavy atom. The van der Waals surface area contributed by atoms with Gasteiger partial charge in [-0.2, -0.15) is 0 Å². The first kappa shape index (κ1) is 26.5. The number of benzene rings is 3. The van der Waals surface area contributed by atoms with Gasteiger partial charge in [0.1, 0.15) is 17.0 Å². The van der Waals surface area contributed by atoms with Crippen LogP contribution in [-0.2, 0) is 28.9 Å². The van der Waals surface area contributed by atoms with E-state index in [-0.39, 0.29) is 11.9 Å². The van der Waals surface area contributed by atoms with E-state index in [1.807, 2.05) is 97.7 Å². The number of rotatable bonds is 9. The minimum absolute atomic E-state index is 0.173. The summed E-state index contributed by atoms with van der Waals surface area (Å²) >= 11 is 0. The number of fused-ring (bicyclic) bond motifs is 1. The topological polar surface area (TPSA) is 64.1 Å². The summed E-state index contributed by atoms with van der Waals surface area (Å²) in [5.41, 5.74) is 3.14. The molecule has 2 aliphatic heterocycles. The first-order valence-corrected chi connectivity index (χ1v) is 14.4. The number of hydrazine groups is 1. The lowest BCUT2D eigenvalue weighted by Crippen LogP contribution is -2.62. The van der Waals surface area contributed by atoms with Crippen molar-refractivity contribution < 1.29 is 14.1 Å². The Morgan fingerprint density at radius 2 is 1.39 bits per heavy atom. The van der Waals surface area contributed by atoms with Gasteiger partial charge in [-0.25, -0.2) is 14.2 Å². The third kappa shape index (κ3) is 5.24. The zero-order valence-electron chi connectivity index (χ0n) is 21.8. The zero-order chi connectivity index (χ0) is 26.6. The van der Waals surface area contributed by atoms with Crippen LogP contribution in [0.25, 0.3) is 0 Å². The summed E-state index contributed by atoms with van der Waals surface area (Å²) in [5.74, 6) is -0.173. The summed E-state index contributed by atoms with van der Waals surface area (Å²) in [5, 5.41) is 14.8. The third-order valence-electron chi connectivity index (χ3n) is 7.49. The van der Waals surface area contributed by atoms with Gasteiger partial charge in [0.25, 0.3) is 5.91 Å². The van der Waals surface area contributed by atoms with E-state index in [2.05, 4.69) is 29.3 Å². The van der Waals surface area contributed by atoms with Gasteiger partial charge in [0.15, 0.2) is 0 Å². The fraction of sp³-hybridized carbons (Fsp3) is 0.323. The van der Waals surface area contributed by atoms with Crippen molar-refractivity contribution in [2.24, 2.45) is 0 Å². The van der Waals surface area contributed by atoms with Crippen molar-refractivity contribution in [2.45, 2.75) is 62.8 Å². The molecule has 0 aromatic heterocycles. The van der Waals surface area contributed by atoms with E-state index in [1.165, 1.54) is 4.31 Å². The minimum atomic E-state index is -1.55. The maximum atomic E-state index is 14.2. The zero-order valence-corrected chi connectivity index (χ0v) is 22.7. The molecule has 0 bridgehead atoms. The molecule has 0 aliphatic carbocycles. The van der Waals surface area contributed by atoms with Gasteiger partial charge in [0, 0.05) is 13.1 Å². The number of aliphatic hydroxyl groups is 1. The highest BCUT2D eigenvalue weighted by atomic mass is 32.2. The minimum Gasteiger partial charge on any atom is -0.391 e. The first-order chi connectivity index (χ1) is 18.5. The van der Waals surface area contributed by atoms with Crippen molar-refractivity contribution >= 4 is 16.9 Å². The third-order valence-corrected chi connectivity index (χ3v) is 9.25.